The fraction of sp³-hybridized carbons (Fsp3) is 0.381. The minimum atomic E-state index is -3.37. The highest BCUT2D eigenvalue weighted by atomic mass is 79.9. The van der Waals surface area contributed by atoms with Gasteiger partial charge < -0.3 is 5.32 Å². The average molecular weight is 465 g/mol. The highest BCUT2D eigenvalue weighted by molar-refractivity contribution is 9.10. The second-order valence-electron chi connectivity index (χ2n) is 7.08. The molecule has 7 heteroatoms. The Morgan fingerprint density at radius 3 is 2.29 bits per heavy atom. The third kappa shape index (κ3) is 5.90. The van der Waals surface area contributed by atoms with E-state index in [1.54, 1.807) is 0 Å². The van der Waals surface area contributed by atoms with Gasteiger partial charge in [0, 0.05) is 30.0 Å². The summed E-state index contributed by atoms with van der Waals surface area (Å²) < 4.78 is 27.8. The van der Waals surface area contributed by atoms with Gasteiger partial charge in [-0.1, -0.05) is 58.4 Å². The number of nitrogens with one attached hydrogen (secondary N) is 1. The fourth-order valence-electron chi connectivity index (χ4n) is 3.40. The summed E-state index contributed by atoms with van der Waals surface area (Å²) in [6.45, 7) is 1.40. The van der Waals surface area contributed by atoms with E-state index in [1.165, 1.54) is 9.87 Å². The Kier molecular flexibility index (Phi) is 7.26. The van der Waals surface area contributed by atoms with E-state index in [-0.39, 0.29) is 17.6 Å². The highest BCUT2D eigenvalue weighted by Gasteiger charge is 2.31. The van der Waals surface area contributed by atoms with Crippen LogP contribution in [0.1, 0.15) is 24.0 Å². The molecule has 5 nitrogen and oxygen atoms in total. The van der Waals surface area contributed by atoms with Crippen molar-refractivity contribution in [2.75, 3.05) is 19.6 Å². The summed E-state index contributed by atoms with van der Waals surface area (Å²) in [6.07, 6.45) is 1.93. The Hall–Kier alpha value is -1.70. The number of nitrogens with zero attached hydrogens (tertiary/aromatic N) is 1. The molecule has 150 valence electrons. The molecule has 0 aromatic heterocycles. The third-order valence-corrected chi connectivity index (χ3v) is 7.41. The highest BCUT2D eigenvalue weighted by Crippen LogP contribution is 2.22. The van der Waals surface area contributed by atoms with Crippen LogP contribution in [0.2, 0.25) is 0 Å². The second kappa shape index (κ2) is 9.67. The smallest absolute Gasteiger partial charge is 0.223 e. The Bertz CT molecular complexity index is 878. The van der Waals surface area contributed by atoms with E-state index in [2.05, 4.69) is 21.2 Å². The van der Waals surface area contributed by atoms with Crippen molar-refractivity contribution < 1.29 is 13.2 Å². The Morgan fingerprint density at radius 1 is 1.00 bits per heavy atom. The van der Waals surface area contributed by atoms with E-state index in [9.17, 15) is 13.2 Å². The van der Waals surface area contributed by atoms with E-state index >= 15 is 0 Å². The molecule has 1 aliphatic heterocycles. The predicted molar refractivity (Wildman–Crippen MR) is 114 cm³/mol. The Labute approximate surface area is 175 Å². The molecule has 1 saturated heterocycles. The van der Waals surface area contributed by atoms with Crippen molar-refractivity contribution in [3.8, 4) is 0 Å². The van der Waals surface area contributed by atoms with Gasteiger partial charge in [-0.3, -0.25) is 4.79 Å². The molecule has 0 atom stereocenters. The fourth-order valence-corrected chi connectivity index (χ4v) is 5.23. The molecule has 0 radical (unpaired) electrons. The van der Waals surface area contributed by atoms with Gasteiger partial charge in [-0.2, -0.15) is 0 Å². The number of hydrogen-bond donors (Lipinski definition) is 1. The standard InChI is InChI=1S/C21H25BrN2O3S/c22-20-8-6-18(7-9-20)16-28(26,27)24-14-11-19(12-15-24)21(25)23-13-10-17-4-2-1-3-5-17/h1-9,19H,10-16H2,(H,23,25). The van der Waals surface area contributed by atoms with Gasteiger partial charge in [0.1, 0.15) is 0 Å². The number of piperidine rings is 1. The van der Waals surface area contributed by atoms with Crippen LogP contribution in [0.15, 0.2) is 59.1 Å². The lowest BCUT2D eigenvalue weighted by Gasteiger charge is -2.30. The molecular weight excluding hydrogens is 440 g/mol. The maximum absolute atomic E-state index is 12.7. The largest absolute Gasteiger partial charge is 0.356 e. The van der Waals surface area contributed by atoms with Gasteiger partial charge in [-0.15, -0.1) is 0 Å². The molecule has 0 saturated carbocycles. The number of halogens is 1. The minimum absolute atomic E-state index is 0.00574. The predicted octanol–water partition coefficient (Wildman–Crippen LogP) is 3.35. The van der Waals surface area contributed by atoms with Crippen molar-refractivity contribution in [2.24, 2.45) is 5.92 Å². The molecule has 0 aliphatic carbocycles. The van der Waals surface area contributed by atoms with Crippen LogP contribution in [0.25, 0.3) is 0 Å². The number of sulfonamides is 1. The number of carbonyl (C=O) groups is 1. The topological polar surface area (TPSA) is 66.5 Å². The van der Waals surface area contributed by atoms with E-state index in [1.807, 2.05) is 54.6 Å². The van der Waals surface area contributed by atoms with Crippen molar-refractivity contribution in [2.45, 2.75) is 25.0 Å². The monoisotopic (exact) mass is 464 g/mol. The average Bonchev–Trinajstić information content (AvgIpc) is 2.70. The number of benzene rings is 2. The second-order valence-corrected chi connectivity index (χ2v) is 9.97. The van der Waals surface area contributed by atoms with Crippen LogP contribution in [-0.4, -0.2) is 38.3 Å². The van der Waals surface area contributed by atoms with Gasteiger partial charge in [0.25, 0.3) is 0 Å². The van der Waals surface area contributed by atoms with Crippen molar-refractivity contribution >= 4 is 31.9 Å². The van der Waals surface area contributed by atoms with Gasteiger partial charge in [0.15, 0.2) is 0 Å². The molecule has 0 unspecified atom stereocenters. The van der Waals surface area contributed by atoms with Crippen LogP contribution >= 0.6 is 15.9 Å². The molecule has 28 heavy (non-hydrogen) atoms. The lowest BCUT2D eigenvalue weighted by Crippen LogP contribution is -2.43. The molecule has 1 amide bonds. The molecule has 1 N–H and O–H groups in total. The lowest BCUT2D eigenvalue weighted by atomic mass is 9.97. The quantitative estimate of drug-likeness (QED) is 0.682. The summed E-state index contributed by atoms with van der Waals surface area (Å²) in [5.74, 6) is -0.0930. The maximum Gasteiger partial charge on any atom is 0.223 e. The van der Waals surface area contributed by atoms with Crippen LogP contribution in [-0.2, 0) is 27.0 Å². The van der Waals surface area contributed by atoms with Gasteiger partial charge in [-0.25, -0.2) is 12.7 Å². The molecule has 1 fully saturated rings. The summed E-state index contributed by atoms with van der Waals surface area (Å²) in [5.41, 5.74) is 1.96. The van der Waals surface area contributed by atoms with Crippen molar-refractivity contribution in [1.29, 1.82) is 0 Å². The van der Waals surface area contributed by atoms with Gasteiger partial charge in [0.05, 0.1) is 5.75 Å². The molecule has 0 spiro atoms. The number of carbonyl (C=O) groups excluding carboxylic acids is 1. The minimum Gasteiger partial charge on any atom is -0.356 e. The summed E-state index contributed by atoms with van der Waals surface area (Å²) in [4.78, 5) is 12.4. The van der Waals surface area contributed by atoms with Crippen molar-refractivity contribution in [3.63, 3.8) is 0 Å². The molecule has 1 heterocycles. The summed E-state index contributed by atoms with van der Waals surface area (Å²) >= 11 is 3.36. The zero-order valence-electron chi connectivity index (χ0n) is 15.7. The molecule has 0 bridgehead atoms. The number of rotatable bonds is 7. The SMILES string of the molecule is O=C(NCCc1ccccc1)C1CCN(S(=O)(=O)Cc2ccc(Br)cc2)CC1. The van der Waals surface area contributed by atoms with E-state index in [0.29, 0.717) is 32.5 Å². The number of hydrogen-bond acceptors (Lipinski definition) is 3. The van der Waals surface area contributed by atoms with Gasteiger partial charge in [-0.05, 0) is 42.5 Å². The van der Waals surface area contributed by atoms with Crippen LogP contribution in [0.5, 0.6) is 0 Å². The summed E-state index contributed by atoms with van der Waals surface area (Å²) in [5, 5.41) is 2.99. The zero-order valence-corrected chi connectivity index (χ0v) is 18.1. The molecule has 2 aromatic rings. The first-order chi connectivity index (χ1) is 13.4. The van der Waals surface area contributed by atoms with Gasteiger partial charge in [0.2, 0.25) is 15.9 Å². The first-order valence-corrected chi connectivity index (χ1v) is 11.9. The van der Waals surface area contributed by atoms with E-state index in [4.69, 9.17) is 0 Å². The maximum atomic E-state index is 12.7. The van der Waals surface area contributed by atoms with Crippen LogP contribution in [0.4, 0.5) is 0 Å². The van der Waals surface area contributed by atoms with Crippen LogP contribution in [0, 0.1) is 5.92 Å². The molecular formula is C21H25BrN2O3S. The Morgan fingerprint density at radius 2 is 1.64 bits per heavy atom. The first kappa shape index (κ1) is 21.0. The molecule has 1 aliphatic rings. The summed E-state index contributed by atoms with van der Waals surface area (Å²) in [6, 6.07) is 17.3. The summed E-state index contributed by atoms with van der Waals surface area (Å²) in [7, 11) is -3.37. The zero-order chi connectivity index (χ0) is 20.0. The normalized spacial score (nSPS) is 16.0. The lowest BCUT2D eigenvalue weighted by molar-refractivity contribution is -0.126. The molecule has 2 aromatic carbocycles. The van der Waals surface area contributed by atoms with Crippen LogP contribution < -0.4 is 5.32 Å². The van der Waals surface area contributed by atoms with Gasteiger partial charge >= 0.3 is 0 Å². The molecule has 3 rings (SSSR count). The number of amides is 1. The van der Waals surface area contributed by atoms with Crippen LogP contribution in [0.3, 0.4) is 0 Å². The third-order valence-electron chi connectivity index (χ3n) is 5.04. The van der Waals surface area contributed by atoms with Crippen molar-refractivity contribution in [1.82, 2.24) is 9.62 Å². The van der Waals surface area contributed by atoms with Crippen molar-refractivity contribution in [3.05, 3.63) is 70.2 Å². The Balaban J connectivity index is 1.45. The first-order valence-electron chi connectivity index (χ1n) is 9.48. The van der Waals surface area contributed by atoms with E-state index in [0.717, 1.165) is 16.5 Å². The van der Waals surface area contributed by atoms with E-state index < -0.39 is 10.0 Å².